The fourth-order valence-corrected chi connectivity index (χ4v) is 4.95. The van der Waals surface area contributed by atoms with E-state index in [0.717, 1.165) is 28.6 Å². The maximum Gasteiger partial charge on any atom is 0.271 e. The summed E-state index contributed by atoms with van der Waals surface area (Å²) in [4.78, 5) is 0. The molecule has 0 aliphatic heterocycles. The lowest BCUT2D eigenvalue weighted by Gasteiger charge is -2.11. The summed E-state index contributed by atoms with van der Waals surface area (Å²) in [7, 11) is -3.50. The normalized spacial score (nSPS) is 11.5. The van der Waals surface area contributed by atoms with Crippen LogP contribution in [0, 0.1) is 0 Å². The smallest absolute Gasteiger partial charge is 0.271 e. The fraction of sp³-hybridized carbons (Fsp3) is 0.286. The first-order valence-corrected chi connectivity index (χ1v) is 9.48. The number of aryl methyl sites for hydroxylation is 1. The highest BCUT2D eigenvalue weighted by Gasteiger charge is 2.17. The predicted molar refractivity (Wildman–Crippen MR) is 87.9 cm³/mol. The molecule has 20 heavy (non-hydrogen) atoms. The number of para-hydroxylation sites is 1. The number of hydrogen-bond donors (Lipinski definition) is 1. The largest absolute Gasteiger partial charge is 0.279 e. The Hall–Kier alpha value is -0.850. The molecule has 108 valence electrons. The monoisotopic (exact) mass is 373 g/mol. The van der Waals surface area contributed by atoms with E-state index in [4.69, 9.17) is 0 Å². The summed E-state index contributed by atoms with van der Waals surface area (Å²) in [5, 5.41) is 0. The topological polar surface area (TPSA) is 46.2 Å². The van der Waals surface area contributed by atoms with Gasteiger partial charge in [0.25, 0.3) is 10.0 Å². The van der Waals surface area contributed by atoms with Crippen LogP contribution in [0.5, 0.6) is 0 Å². The van der Waals surface area contributed by atoms with Gasteiger partial charge in [0.05, 0.1) is 9.47 Å². The van der Waals surface area contributed by atoms with E-state index in [-0.39, 0.29) is 0 Å². The zero-order chi connectivity index (χ0) is 14.6. The summed E-state index contributed by atoms with van der Waals surface area (Å²) in [6.45, 7) is 2.12. The minimum absolute atomic E-state index is 0.315. The lowest BCUT2D eigenvalue weighted by molar-refractivity contribution is 0.603. The molecule has 0 atom stereocenters. The van der Waals surface area contributed by atoms with E-state index in [1.807, 2.05) is 24.3 Å². The maximum atomic E-state index is 12.3. The van der Waals surface area contributed by atoms with Crippen LogP contribution in [0.4, 0.5) is 5.69 Å². The molecule has 0 amide bonds. The van der Waals surface area contributed by atoms with Crippen LogP contribution in [0.3, 0.4) is 0 Å². The van der Waals surface area contributed by atoms with Crippen LogP contribution in [0.15, 0.2) is 44.4 Å². The first-order valence-electron chi connectivity index (χ1n) is 6.39. The van der Waals surface area contributed by atoms with E-state index in [0.29, 0.717) is 9.90 Å². The summed E-state index contributed by atoms with van der Waals surface area (Å²) in [6, 6.07) is 10.9. The average molecular weight is 374 g/mol. The Morgan fingerprint density at radius 2 is 1.95 bits per heavy atom. The van der Waals surface area contributed by atoms with Crippen molar-refractivity contribution in [2.45, 2.75) is 30.4 Å². The SMILES string of the molecule is CCCCc1ccccc1NS(=O)(=O)c1ccc(Br)s1. The van der Waals surface area contributed by atoms with Crippen molar-refractivity contribution in [2.75, 3.05) is 4.72 Å². The van der Waals surface area contributed by atoms with Crippen LogP contribution in [-0.4, -0.2) is 8.42 Å². The van der Waals surface area contributed by atoms with Crippen molar-refractivity contribution in [1.82, 2.24) is 0 Å². The molecule has 0 aliphatic carbocycles. The summed E-state index contributed by atoms with van der Waals surface area (Å²) in [5.41, 5.74) is 1.71. The lowest BCUT2D eigenvalue weighted by Crippen LogP contribution is -2.12. The number of halogens is 1. The van der Waals surface area contributed by atoms with Gasteiger partial charge in [-0.1, -0.05) is 31.5 Å². The quantitative estimate of drug-likeness (QED) is 0.800. The fourth-order valence-electron chi connectivity index (χ4n) is 1.84. The molecule has 1 heterocycles. The van der Waals surface area contributed by atoms with Gasteiger partial charge in [-0.05, 0) is 52.5 Å². The van der Waals surface area contributed by atoms with Crippen molar-refractivity contribution in [3.63, 3.8) is 0 Å². The second-order valence-corrected chi connectivity index (χ2v) is 8.80. The summed E-state index contributed by atoms with van der Waals surface area (Å²) >= 11 is 4.49. The van der Waals surface area contributed by atoms with Gasteiger partial charge < -0.3 is 0 Å². The molecule has 1 aromatic carbocycles. The van der Waals surface area contributed by atoms with Gasteiger partial charge in [0.1, 0.15) is 4.21 Å². The Morgan fingerprint density at radius 3 is 2.60 bits per heavy atom. The van der Waals surface area contributed by atoms with Gasteiger partial charge in [0, 0.05) is 0 Å². The molecular formula is C14H16BrNO2S2. The van der Waals surface area contributed by atoms with Crippen molar-refractivity contribution in [1.29, 1.82) is 0 Å². The Labute approximate surface area is 132 Å². The molecule has 0 spiro atoms. The minimum Gasteiger partial charge on any atom is -0.279 e. The van der Waals surface area contributed by atoms with Crippen molar-refractivity contribution < 1.29 is 8.42 Å². The van der Waals surface area contributed by atoms with Gasteiger partial charge in [-0.25, -0.2) is 8.42 Å². The predicted octanol–water partition coefficient (Wildman–Crippen LogP) is 4.65. The summed E-state index contributed by atoms with van der Waals surface area (Å²) in [6.07, 6.45) is 3.01. The number of rotatable bonds is 6. The van der Waals surface area contributed by atoms with Crippen molar-refractivity contribution in [3.8, 4) is 0 Å². The minimum atomic E-state index is -3.50. The highest BCUT2D eigenvalue weighted by molar-refractivity contribution is 9.11. The van der Waals surface area contributed by atoms with Crippen LogP contribution < -0.4 is 4.72 Å². The first kappa shape index (κ1) is 15.5. The van der Waals surface area contributed by atoms with E-state index in [2.05, 4.69) is 27.6 Å². The van der Waals surface area contributed by atoms with E-state index in [1.165, 1.54) is 11.3 Å². The first-order chi connectivity index (χ1) is 9.53. The van der Waals surface area contributed by atoms with Crippen LogP contribution in [0.25, 0.3) is 0 Å². The molecular weight excluding hydrogens is 358 g/mol. The third-order valence-electron chi connectivity index (χ3n) is 2.87. The molecule has 6 heteroatoms. The zero-order valence-electron chi connectivity index (χ0n) is 11.1. The molecule has 0 radical (unpaired) electrons. The average Bonchev–Trinajstić information content (AvgIpc) is 2.85. The number of nitrogens with one attached hydrogen (secondary N) is 1. The van der Waals surface area contributed by atoms with Crippen molar-refractivity contribution in [2.24, 2.45) is 0 Å². The molecule has 3 nitrogen and oxygen atoms in total. The van der Waals surface area contributed by atoms with E-state index in [1.54, 1.807) is 12.1 Å². The number of benzene rings is 1. The molecule has 0 unspecified atom stereocenters. The molecule has 0 fully saturated rings. The Kier molecular flexibility index (Phi) is 5.23. The highest BCUT2D eigenvalue weighted by Crippen LogP contribution is 2.28. The van der Waals surface area contributed by atoms with Crippen molar-refractivity contribution >= 4 is 43.0 Å². The molecule has 0 aliphatic rings. The van der Waals surface area contributed by atoms with Gasteiger partial charge in [0.2, 0.25) is 0 Å². The molecule has 1 N–H and O–H groups in total. The van der Waals surface area contributed by atoms with Gasteiger partial charge in [-0.3, -0.25) is 4.72 Å². The van der Waals surface area contributed by atoms with Crippen LogP contribution in [0.2, 0.25) is 0 Å². The molecule has 0 saturated heterocycles. The Morgan fingerprint density at radius 1 is 1.20 bits per heavy atom. The van der Waals surface area contributed by atoms with Crippen molar-refractivity contribution in [3.05, 3.63) is 45.7 Å². The molecule has 2 aromatic rings. The van der Waals surface area contributed by atoms with E-state index >= 15 is 0 Å². The van der Waals surface area contributed by atoms with Gasteiger partial charge in [-0.15, -0.1) is 11.3 Å². The van der Waals surface area contributed by atoms with Crippen LogP contribution >= 0.6 is 27.3 Å². The highest BCUT2D eigenvalue weighted by atomic mass is 79.9. The Balaban J connectivity index is 2.25. The maximum absolute atomic E-state index is 12.3. The lowest BCUT2D eigenvalue weighted by atomic mass is 10.1. The molecule has 1 aromatic heterocycles. The summed E-state index contributed by atoms with van der Waals surface area (Å²) < 4.78 is 28.4. The van der Waals surface area contributed by atoms with E-state index < -0.39 is 10.0 Å². The molecule has 0 bridgehead atoms. The third kappa shape index (κ3) is 3.84. The van der Waals surface area contributed by atoms with Gasteiger partial charge in [0.15, 0.2) is 0 Å². The number of unbranched alkanes of at least 4 members (excludes halogenated alkanes) is 1. The van der Waals surface area contributed by atoms with Gasteiger partial charge >= 0.3 is 0 Å². The second-order valence-electron chi connectivity index (χ2n) is 4.42. The Bertz CT molecular complexity index is 680. The number of anilines is 1. The van der Waals surface area contributed by atoms with Crippen LogP contribution in [-0.2, 0) is 16.4 Å². The number of sulfonamides is 1. The number of thiophene rings is 1. The third-order valence-corrected chi connectivity index (χ3v) is 6.36. The van der Waals surface area contributed by atoms with Gasteiger partial charge in [-0.2, -0.15) is 0 Å². The summed E-state index contributed by atoms with van der Waals surface area (Å²) in [5.74, 6) is 0. The van der Waals surface area contributed by atoms with Crippen LogP contribution in [0.1, 0.15) is 25.3 Å². The zero-order valence-corrected chi connectivity index (χ0v) is 14.3. The standard InChI is InChI=1S/C14H16BrNO2S2/c1-2-3-6-11-7-4-5-8-12(11)16-20(17,18)14-10-9-13(15)19-14/h4-5,7-10,16H,2-3,6H2,1H3. The molecule has 0 saturated carbocycles. The molecule has 2 rings (SSSR count). The van der Waals surface area contributed by atoms with E-state index in [9.17, 15) is 8.42 Å². The number of hydrogen-bond acceptors (Lipinski definition) is 3. The second kappa shape index (κ2) is 6.74.